The van der Waals surface area contributed by atoms with Crippen LogP contribution in [0.25, 0.3) is 0 Å². The first-order valence-electron chi connectivity index (χ1n) is 3.70. The Morgan fingerprint density at radius 1 is 1.58 bits per heavy atom. The Morgan fingerprint density at radius 3 is 2.50 bits per heavy atom. The summed E-state index contributed by atoms with van der Waals surface area (Å²) in [4.78, 5) is 17.2. The minimum Gasteiger partial charge on any atom is -0.477 e. The number of rotatable bonds is 1. The third-order valence-corrected chi connectivity index (χ3v) is 1.56. The number of carboxylic acids is 1. The van der Waals surface area contributed by atoms with Crippen LogP contribution in [-0.2, 0) is 5.41 Å². The van der Waals surface area contributed by atoms with Crippen LogP contribution in [0.2, 0.25) is 0 Å². The molecule has 12 heavy (non-hydrogen) atoms. The van der Waals surface area contributed by atoms with Crippen molar-refractivity contribution in [2.45, 2.75) is 26.2 Å². The second kappa shape index (κ2) is 2.62. The highest BCUT2D eigenvalue weighted by Crippen LogP contribution is 2.22. The van der Waals surface area contributed by atoms with Gasteiger partial charge in [0.05, 0.1) is 12.0 Å². The molecule has 0 radical (unpaired) electrons. The highest BCUT2D eigenvalue weighted by atomic mass is 16.4. The summed E-state index contributed by atoms with van der Waals surface area (Å²) in [5.41, 5.74) is 0.547. The van der Waals surface area contributed by atoms with Gasteiger partial charge >= 0.3 is 5.97 Å². The van der Waals surface area contributed by atoms with Gasteiger partial charge in [-0.25, -0.2) is 9.78 Å². The quantitative estimate of drug-likeness (QED) is 0.666. The van der Waals surface area contributed by atoms with Gasteiger partial charge in [-0.2, -0.15) is 0 Å². The van der Waals surface area contributed by atoms with Gasteiger partial charge in [0.2, 0.25) is 0 Å². The van der Waals surface area contributed by atoms with Gasteiger partial charge in [-0.1, -0.05) is 20.8 Å². The zero-order valence-electron chi connectivity index (χ0n) is 7.38. The van der Waals surface area contributed by atoms with Crippen molar-refractivity contribution >= 4 is 5.97 Å². The molecular formula is C8H12N2O2. The molecule has 2 N–H and O–H groups in total. The molecule has 66 valence electrons. The van der Waals surface area contributed by atoms with Gasteiger partial charge in [0.15, 0.2) is 0 Å². The van der Waals surface area contributed by atoms with Crippen molar-refractivity contribution < 1.29 is 9.90 Å². The third-order valence-electron chi connectivity index (χ3n) is 1.56. The molecule has 1 rings (SSSR count). The average Bonchev–Trinajstić information content (AvgIpc) is 2.30. The predicted molar refractivity (Wildman–Crippen MR) is 44.2 cm³/mol. The Morgan fingerprint density at radius 2 is 2.17 bits per heavy atom. The molecule has 0 saturated heterocycles. The molecule has 0 amide bonds. The maximum absolute atomic E-state index is 10.7. The Labute approximate surface area is 70.6 Å². The normalized spacial score (nSPS) is 11.6. The van der Waals surface area contributed by atoms with Crippen molar-refractivity contribution in [3.63, 3.8) is 0 Å². The molecule has 1 heterocycles. The average molecular weight is 168 g/mol. The van der Waals surface area contributed by atoms with Crippen molar-refractivity contribution in [2.75, 3.05) is 0 Å². The summed E-state index contributed by atoms with van der Waals surface area (Å²) in [6, 6.07) is 0. The maximum atomic E-state index is 10.7. The fourth-order valence-electron chi connectivity index (χ4n) is 1.03. The number of H-pyrrole nitrogens is 1. The van der Waals surface area contributed by atoms with Crippen molar-refractivity contribution in [3.8, 4) is 0 Å². The van der Waals surface area contributed by atoms with Gasteiger partial charge in [0.25, 0.3) is 0 Å². The molecule has 0 spiro atoms. The number of aromatic carboxylic acids is 1. The van der Waals surface area contributed by atoms with E-state index in [0.717, 1.165) is 0 Å². The Kier molecular flexibility index (Phi) is 1.92. The number of hydrogen-bond donors (Lipinski definition) is 2. The molecule has 0 aliphatic carbocycles. The summed E-state index contributed by atoms with van der Waals surface area (Å²) in [6.07, 6.45) is 1.41. The SMILES string of the molecule is CC(C)(C)c1nc[nH]c1C(=O)O. The largest absolute Gasteiger partial charge is 0.477 e. The van der Waals surface area contributed by atoms with Gasteiger partial charge in [-0.05, 0) is 0 Å². The molecule has 0 atom stereocenters. The molecule has 0 bridgehead atoms. The monoisotopic (exact) mass is 168 g/mol. The molecule has 0 saturated carbocycles. The van der Waals surface area contributed by atoms with Crippen LogP contribution >= 0.6 is 0 Å². The fraction of sp³-hybridized carbons (Fsp3) is 0.500. The Hall–Kier alpha value is -1.32. The topological polar surface area (TPSA) is 66.0 Å². The lowest BCUT2D eigenvalue weighted by atomic mass is 9.91. The van der Waals surface area contributed by atoms with Crippen LogP contribution in [-0.4, -0.2) is 21.0 Å². The first kappa shape index (κ1) is 8.77. The molecule has 0 fully saturated rings. The number of aromatic nitrogens is 2. The van der Waals surface area contributed by atoms with E-state index in [1.807, 2.05) is 20.8 Å². The highest BCUT2D eigenvalue weighted by Gasteiger charge is 2.23. The minimum atomic E-state index is -0.961. The molecule has 4 nitrogen and oxygen atoms in total. The van der Waals surface area contributed by atoms with E-state index in [4.69, 9.17) is 5.11 Å². The zero-order chi connectivity index (χ0) is 9.35. The summed E-state index contributed by atoms with van der Waals surface area (Å²) in [5, 5.41) is 8.75. The van der Waals surface area contributed by atoms with Crippen LogP contribution in [0.1, 0.15) is 37.0 Å². The van der Waals surface area contributed by atoms with Crippen LogP contribution in [0.4, 0.5) is 0 Å². The zero-order valence-corrected chi connectivity index (χ0v) is 7.38. The summed E-state index contributed by atoms with van der Waals surface area (Å²) in [5.74, 6) is -0.961. The van der Waals surface area contributed by atoms with Crippen molar-refractivity contribution in [1.82, 2.24) is 9.97 Å². The van der Waals surface area contributed by atoms with E-state index in [1.54, 1.807) is 0 Å². The van der Waals surface area contributed by atoms with E-state index in [1.165, 1.54) is 6.33 Å². The third kappa shape index (κ3) is 1.47. The smallest absolute Gasteiger partial charge is 0.354 e. The lowest BCUT2D eigenvalue weighted by Gasteiger charge is -2.15. The van der Waals surface area contributed by atoms with Crippen LogP contribution in [0.3, 0.4) is 0 Å². The summed E-state index contributed by atoms with van der Waals surface area (Å²) < 4.78 is 0. The van der Waals surface area contributed by atoms with Gasteiger partial charge < -0.3 is 10.1 Å². The van der Waals surface area contributed by atoms with Gasteiger partial charge in [-0.3, -0.25) is 0 Å². The first-order valence-corrected chi connectivity index (χ1v) is 3.70. The molecule has 0 aromatic carbocycles. The van der Waals surface area contributed by atoms with Crippen molar-refractivity contribution in [2.24, 2.45) is 0 Å². The lowest BCUT2D eigenvalue weighted by molar-refractivity contribution is 0.0688. The van der Waals surface area contributed by atoms with Crippen LogP contribution < -0.4 is 0 Å². The Bertz CT molecular complexity index is 296. The van der Waals surface area contributed by atoms with E-state index >= 15 is 0 Å². The number of nitrogens with zero attached hydrogens (tertiary/aromatic N) is 1. The van der Waals surface area contributed by atoms with Crippen LogP contribution in [0.5, 0.6) is 0 Å². The molecule has 1 aromatic heterocycles. The summed E-state index contributed by atoms with van der Waals surface area (Å²) in [6.45, 7) is 5.78. The fourth-order valence-corrected chi connectivity index (χ4v) is 1.03. The Balaban J connectivity index is 3.17. The van der Waals surface area contributed by atoms with E-state index in [-0.39, 0.29) is 11.1 Å². The summed E-state index contributed by atoms with van der Waals surface area (Å²) in [7, 11) is 0. The molecule has 4 heteroatoms. The van der Waals surface area contributed by atoms with Crippen LogP contribution in [0, 0.1) is 0 Å². The van der Waals surface area contributed by atoms with Gasteiger partial charge in [0.1, 0.15) is 5.69 Å². The number of nitrogens with one attached hydrogen (secondary N) is 1. The lowest BCUT2D eigenvalue weighted by Crippen LogP contribution is -2.16. The second-order valence-corrected chi connectivity index (χ2v) is 3.68. The van der Waals surface area contributed by atoms with Crippen molar-refractivity contribution in [3.05, 3.63) is 17.7 Å². The van der Waals surface area contributed by atoms with Gasteiger partial charge in [-0.15, -0.1) is 0 Å². The second-order valence-electron chi connectivity index (χ2n) is 3.68. The maximum Gasteiger partial charge on any atom is 0.354 e. The number of carbonyl (C=O) groups is 1. The molecular weight excluding hydrogens is 156 g/mol. The number of imidazole rings is 1. The number of aromatic amines is 1. The van der Waals surface area contributed by atoms with Gasteiger partial charge in [0, 0.05) is 5.41 Å². The summed E-state index contributed by atoms with van der Waals surface area (Å²) >= 11 is 0. The van der Waals surface area contributed by atoms with E-state index < -0.39 is 5.97 Å². The first-order chi connectivity index (χ1) is 5.43. The number of hydrogen-bond acceptors (Lipinski definition) is 2. The predicted octanol–water partition coefficient (Wildman–Crippen LogP) is 1.41. The molecule has 1 aromatic rings. The van der Waals surface area contributed by atoms with E-state index in [9.17, 15) is 4.79 Å². The van der Waals surface area contributed by atoms with E-state index in [0.29, 0.717) is 5.69 Å². The van der Waals surface area contributed by atoms with Crippen LogP contribution in [0.15, 0.2) is 6.33 Å². The molecule has 0 aliphatic rings. The molecule has 0 aliphatic heterocycles. The number of carboxylic acid groups (broad SMARTS) is 1. The van der Waals surface area contributed by atoms with Crippen molar-refractivity contribution in [1.29, 1.82) is 0 Å². The van der Waals surface area contributed by atoms with E-state index in [2.05, 4.69) is 9.97 Å². The highest BCUT2D eigenvalue weighted by molar-refractivity contribution is 5.87. The standard InChI is InChI=1S/C8H12N2O2/c1-8(2,3)6-5(7(11)12)9-4-10-6/h4H,1-3H3,(H,9,10)(H,11,12). The molecule has 0 unspecified atom stereocenters. The minimum absolute atomic E-state index is 0.183.